The molecule has 28 heavy (non-hydrogen) atoms. The first-order valence-electron chi connectivity index (χ1n) is 9.92. The molecule has 1 amide bonds. The van der Waals surface area contributed by atoms with Crippen LogP contribution in [-0.2, 0) is 4.74 Å². The molecule has 1 aromatic carbocycles. The second-order valence-corrected chi connectivity index (χ2v) is 6.64. The monoisotopic (exact) mass is 503 g/mol. The van der Waals surface area contributed by atoms with Crippen LogP contribution in [-0.4, -0.2) is 62.3 Å². The molecule has 3 N–H and O–H groups in total. The Hall–Kier alpha value is -1.71. The zero-order chi connectivity index (χ0) is 19.5. The molecular formula is C20H34IN5O2. The van der Waals surface area contributed by atoms with Crippen molar-refractivity contribution < 1.29 is 9.53 Å². The van der Waals surface area contributed by atoms with Crippen molar-refractivity contribution in [3.8, 4) is 0 Å². The molecule has 0 bridgehead atoms. The first kappa shape index (κ1) is 24.3. The van der Waals surface area contributed by atoms with Gasteiger partial charge in [-0.2, -0.15) is 0 Å². The van der Waals surface area contributed by atoms with Crippen molar-refractivity contribution in [2.45, 2.75) is 39.2 Å². The third kappa shape index (κ3) is 8.12. The largest absolute Gasteiger partial charge is 0.450 e. The third-order valence-electron chi connectivity index (χ3n) is 4.74. The molecule has 0 atom stereocenters. The number of nitrogens with two attached hydrogens (primary N) is 1. The van der Waals surface area contributed by atoms with Gasteiger partial charge in [-0.15, -0.1) is 24.0 Å². The van der Waals surface area contributed by atoms with E-state index in [1.54, 1.807) is 4.90 Å². The summed E-state index contributed by atoms with van der Waals surface area (Å²) in [4.78, 5) is 20.3. The number of hydrogen-bond donors (Lipinski definition) is 2. The van der Waals surface area contributed by atoms with Crippen molar-refractivity contribution in [1.82, 2.24) is 10.2 Å². The molecule has 8 heteroatoms. The Morgan fingerprint density at radius 3 is 2.57 bits per heavy atom. The molecule has 0 aliphatic carbocycles. The smallest absolute Gasteiger partial charge is 0.409 e. The van der Waals surface area contributed by atoms with E-state index in [9.17, 15) is 4.79 Å². The van der Waals surface area contributed by atoms with E-state index in [1.807, 2.05) is 13.0 Å². The Morgan fingerprint density at radius 2 is 1.96 bits per heavy atom. The quantitative estimate of drug-likeness (QED) is 0.247. The number of para-hydroxylation sites is 1. The highest BCUT2D eigenvalue weighted by Crippen LogP contribution is 2.13. The Balaban J connectivity index is 0.00000392. The molecule has 0 aromatic heterocycles. The summed E-state index contributed by atoms with van der Waals surface area (Å²) in [5.41, 5.74) is 7.27. The number of anilines is 1. The third-order valence-corrected chi connectivity index (χ3v) is 4.74. The molecule has 1 aromatic rings. The molecule has 1 saturated heterocycles. The van der Waals surface area contributed by atoms with Crippen LogP contribution in [0.3, 0.4) is 0 Å². The van der Waals surface area contributed by atoms with Gasteiger partial charge in [0, 0.05) is 44.5 Å². The Labute approximate surface area is 185 Å². The fourth-order valence-electron chi connectivity index (χ4n) is 3.25. The minimum atomic E-state index is -0.225. The van der Waals surface area contributed by atoms with E-state index >= 15 is 0 Å². The zero-order valence-corrected chi connectivity index (χ0v) is 19.3. The van der Waals surface area contributed by atoms with Gasteiger partial charge in [0.15, 0.2) is 5.96 Å². The van der Waals surface area contributed by atoms with Gasteiger partial charge in [0.2, 0.25) is 0 Å². The average molecular weight is 503 g/mol. The molecule has 0 unspecified atom stereocenters. The molecule has 2 rings (SSSR count). The first-order chi connectivity index (χ1) is 13.1. The molecule has 1 aliphatic heterocycles. The number of hydrogen-bond acceptors (Lipinski definition) is 4. The number of rotatable bonds is 8. The maximum atomic E-state index is 11.7. The molecular weight excluding hydrogens is 469 g/mol. The second-order valence-electron chi connectivity index (χ2n) is 6.64. The fraction of sp³-hybridized carbons (Fsp3) is 0.600. The number of likely N-dealkylation sites (tertiary alicyclic amines) is 1. The number of halogens is 1. The van der Waals surface area contributed by atoms with Crippen molar-refractivity contribution in [2.24, 2.45) is 10.7 Å². The van der Waals surface area contributed by atoms with Gasteiger partial charge in [0.1, 0.15) is 0 Å². The van der Waals surface area contributed by atoms with Crippen molar-refractivity contribution >= 4 is 41.7 Å². The molecule has 0 saturated carbocycles. The lowest BCUT2D eigenvalue weighted by atomic mass is 10.1. The summed E-state index contributed by atoms with van der Waals surface area (Å²) in [6, 6.07) is 10.7. The van der Waals surface area contributed by atoms with Gasteiger partial charge in [0.05, 0.1) is 6.61 Å². The van der Waals surface area contributed by atoms with Gasteiger partial charge in [-0.1, -0.05) is 18.2 Å². The number of piperidine rings is 1. The predicted molar refractivity (Wildman–Crippen MR) is 126 cm³/mol. The molecule has 158 valence electrons. The van der Waals surface area contributed by atoms with Crippen molar-refractivity contribution in [3.63, 3.8) is 0 Å². The Bertz CT molecular complexity index is 592. The second kappa shape index (κ2) is 13.5. The van der Waals surface area contributed by atoms with Crippen LogP contribution in [0.25, 0.3) is 0 Å². The number of carbonyl (C=O) groups excluding carboxylic acids is 1. The summed E-state index contributed by atoms with van der Waals surface area (Å²) < 4.78 is 5.04. The molecule has 1 fully saturated rings. The number of benzene rings is 1. The topological polar surface area (TPSA) is 83.2 Å². The van der Waals surface area contributed by atoms with Crippen LogP contribution in [0.5, 0.6) is 0 Å². The van der Waals surface area contributed by atoms with Crippen LogP contribution in [0, 0.1) is 0 Å². The normalized spacial score (nSPS) is 14.9. The first-order valence-corrected chi connectivity index (χ1v) is 9.92. The summed E-state index contributed by atoms with van der Waals surface area (Å²) >= 11 is 0. The number of nitrogens with zero attached hydrogens (tertiary/aromatic N) is 3. The number of ether oxygens (including phenoxy) is 1. The van der Waals surface area contributed by atoms with Gasteiger partial charge in [0.25, 0.3) is 0 Å². The van der Waals surface area contributed by atoms with Crippen molar-refractivity contribution in [2.75, 3.05) is 44.2 Å². The highest BCUT2D eigenvalue weighted by molar-refractivity contribution is 14.0. The SMILES string of the molecule is CCOC(=O)N1CCC(NC(N)=NCCCN(CC)c2ccccc2)CC1.I. The highest BCUT2D eigenvalue weighted by atomic mass is 127. The van der Waals surface area contributed by atoms with Crippen LogP contribution in [0.2, 0.25) is 0 Å². The number of guanidine groups is 1. The van der Waals surface area contributed by atoms with Gasteiger partial charge < -0.3 is 25.6 Å². The van der Waals surface area contributed by atoms with Crippen LogP contribution in [0.15, 0.2) is 35.3 Å². The van der Waals surface area contributed by atoms with Crippen LogP contribution in [0.4, 0.5) is 10.5 Å². The van der Waals surface area contributed by atoms with E-state index < -0.39 is 0 Å². The highest BCUT2D eigenvalue weighted by Gasteiger charge is 2.23. The van der Waals surface area contributed by atoms with Crippen LogP contribution >= 0.6 is 24.0 Å². The lowest BCUT2D eigenvalue weighted by Gasteiger charge is -2.31. The lowest BCUT2D eigenvalue weighted by Crippen LogP contribution is -2.48. The van der Waals surface area contributed by atoms with Gasteiger partial charge in [-0.3, -0.25) is 4.99 Å². The van der Waals surface area contributed by atoms with Crippen LogP contribution in [0.1, 0.15) is 33.1 Å². The van der Waals surface area contributed by atoms with E-state index in [0.29, 0.717) is 32.2 Å². The van der Waals surface area contributed by atoms with Crippen molar-refractivity contribution in [3.05, 3.63) is 30.3 Å². The maximum Gasteiger partial charge on any atom is 0.409 e. The number of aliphatic imine (C=N–C) groups is 1. The molecule has 7 nitrogen and oxygen atoms in total. The molecule has 0 radical (unpaired) electrons. The van der Waals surface area contributed by atoms with Crippen LogP contribution < -0.4 is 16.0 Å². The van der Waals surface area contributed by atoms with E-state index in [-0.39, 0.29) is 36.1 Å². The number of nitrogens with one attached hydrogen (secondary N) is 1. The van der Waals surface area contributed by atoms with Gasteiger partial charge >= 0.3 is 6.09 Å². The summed E-state index contributed by atoms with van der Waals surface area (Å²) in [5, 5.41) is 3.28. The minimum absolute atomic E-state index is 0. The fourth-order valence-corrected chi connectivity index (χ4v) is 3.25. The molecule has 1 aliphatic rings. The van der Waals surface area contributed by atoms with E-state index in [4.69, 9.17) is 10.5 Å². The van der Waals surface area contributed by atoms with E-state index in [0.717, 1.165) is 32.4 Å². The van der Waals surface area contributed by atoms with Crippen molar-refractivity contribution in [1.29, 1.82) is 0 Å². The predicted octanol–water partition coefficient (Wildman–Crippen LogP) is 3.05. The summed E-state index contributed by atoms with van der Waals surface area (Å²) in [6.45, 7) is 8.40. The van der Waals surface area contributed by atoms with Gasteiger partial charge in [-0.25, -0.2) is 4.79 Å². The number of carbonyl (C=O) groups is 1. The molecule has 0 spiro atoms. The number of amides is 1. The standard InChI is InChI=1S/C20H33N5O2.HI/c1-3-24(18-9-6-5-7-10-18)14-8-13-22-19(21)23-17-11-15-25(16-12-17)20(26)27-4-2;/h5-7,9-10,17H,3-4,8,11-16H2,1-2H3,(H3,21,22,23);1H. The zero-order valence-electron chi connectivity index (χ0n) is 17.0. The van der Waals surface area contributed by atoms with Gasteiger partial charge in [-0.05, 0) is 45.2 Å². The van der Waals surface area contributed by atoms with E-state index in [1.165, 1.54) is 5.69 Å². The lowest BCUT2D eigenvalue weighted by molar-refractivity contribution is 0.0963. The minimum Gasteiger partial charge on any atom is -0.450 e. The Kier molecular flexibility index (Phi) is 11.7. The molecule has 1 heterocycles. The van der Waals surface area contributed by atoms with E-state index in [2.05, 4.69) is 46.4 Å². The summed E-state index contributed by atoms with van der Waals surface area (Å²) in [5.74, 6) is 0.493. The maximum absolute atomic E-state index is 11.7. The average Bonchev–Trinajstić information content (AvgIpc) is 2.69. The summed E-state index contributed by atoms with van der Waals surface area (Å²) in [7, 11) is 0. The Morgan fingerprint density at radius 1 is 1.29 bits per heavy atom. The summed E-state index contributed by atoms with van der Waals surface area (Å²) in [6.07, 6.45) is 2.43.